The van der Waals surface area contributed by atoms with Crippen LogP contribution in [-0.2, 0) is 5.41 Å². The normalized spacial score (nSPS) is 16.8. The molecule has 1 saturated heterocycles. The Balaban J connectivity index is 0.00000161. The van der Waals surface area contributed by atoms with Crippen LogP contribution in [0.25, 0.3) is 0 Å². The number of ether oxygens (including phenoxy) is 1. The lowest BCUT2D eigenvalue weighted by Crippen LogP contribution is -2.40. The summed E-state index contributed by atoms with van der Waals surface area (Å²) in [6.45, 7) is 2.14. The second-order valence-corrected chi connectivity index (χ2v) is 5.43. The van der Waals surface area contributed by atoms with Gasteiger partial charge in [0.1, 0.15) is 5.75 Å². The van der Waals surface area contributed by atoms with Gasteiger partial charge in [-0.25, -0.2) is 0 Å². The molecule has 0 spiro atoms. The Hall–Kier alpha value is -1.51. The van der Waals surface area contributed by atoms with E-state index in [1.165, 1.54) is 11.1 Å². The Morgan fingerprint density at radius 2 is 1.43 bits per heavy atom. The molecule has 1 heterocycles. The van der Waals surface area contributed by atoms with E-state index in [2.05, 4.69) is 59.9 Å². The van der Waals surface area contributed by atoms with Crippen LogP contribution in [0.2, 0.25) is 0 Å². The van der Waals surface area contributed by atoms with Gasteiger partial charge >= 0.3 is 0 Å². The third kappa shape index (κ3) is 3.07. The fraction of sp³-hybridized carbons (Fsp3) is 0.333. The molecule has 0 saturated carbocycles. The van der Waals surface area contributed by atoms with Crippen molar-refractivity contribution in [2.24, 2.45) is 0 Å². The van der Waals surface area contributed by atoms with Gasteiger partial charge in [-0.05, 0) is 49.2 Å². The van der Waals surface area contributed by atoms with Crippen LogP contribution < -0.4 is 10.1 Å². The topological polar surface area (TPSA) is 21.3 Å². The lowest BCUT2D eigenvalue weighted by atomic mass is 9.68. The van der Waals surface area contributed by atoms with Crippen LogP contribution in [0.5, 0.6) is 5.75 Å². The van der Waals surface area contributed by atoms with Crippen LogP contribution in [0.3, 0.4) is 0 Å². The molecule has 0 unspecified atom stereocenters. The highest BCUT2D eigenvalue weighted by Gasteiger charge is 2.35. The maximum absolute atomic E-state index is 5.28. The third-order valence-electron chi connectivity index (χ3n) is 4.43. The van der Waals surface area contributed by atoms with Crippen molar-refractivity contribution in [1.29, 1.82) is 0 Å². The van der Waals surface area contributed by atoms with Crippen LogP contribution in [0.1, 0.15) is 24.0 Å². The molecule has 1 N–H and O–H groups in total. The Morgan fingerprint density at radius 3 is 2.00 bits per heavy atom. The van der Waals surface area contributed by atoms with Crippen molar-refractivity contribution in [3.63, 3.8) is 0 Å². The van der Waals surface area contributed by atoms with Gasteiger partial charge in [0.15, 0.2) is 0 Å². The van der Waals surface area contributed by atoms with Crippen molar-refractivity contribution < 1.29 is 4.74 Å². The highest BCUT2D eigenvalue weighted by atomic mass is 35.5. The van der Waals surface area contributed by atoms with Crippen LogP contribution in [-0.4, -0.2) is 20.2 Å². The van der Waals surface area contributed by atoms with E-state index in [4.69, 9.17) is 4.74 Å². The minimum Gasteiger partial charge on any atom is -0.497 e. The molecule has 1 fully saturated rings. The van der Waals surface area contributed by atoms with E-state index in [0.29, 0.717) is 0 Å². The highest BCUT2D eigenvalue weighted by Crippen LogP contribution is 2.40. The molecule has 0 bridgehead atoms. The molecule has 2 aromatic carbocycles. The highest BCUT2D eigenvalue weighted by molar-refractivity contribution is 5.85. The molecule has 0 radical (unpaired) electrons. The van der Waals surface area contributed by atoms with Crippen LogP contribution in [0.4, 0.5) is 0 Å². The lowest BCUT2D eigenvalue weighted by molar-refractivity contribution is 0.361. The van der Waals surface area contributed by atoms with E-state index in [1.54, 1.807) is 7.11 Å². The molecular weight excluding hydrogens is 282 g/mol. The van der Waals surface area contributed by atoms with Gasteiger partial charge in [-0.3, -0.25) is 0 Å². The Bertz CT molecular complexity index is 547. The number of halogens is 1. The number of piperidine rings is 1. The van der Waals surface area contributed by atoms with Gasteiger partial charge in [0.25, 0.3) is 0 Å². The monoisotopic (exact) mass is 303 g/mol. The van der Waals surface area contributed by atoms with Gasteiger partial charge in [-0.15, -0.1) is 12.4 Å². The fourth-order valence-corrected chi connectivity index (χ4v) is 3.26. The smallest absolute Gasteiger partial charge is 0.118 e. The minimum absolute atomic E-state index is 0. The van der Waals surface area contributed by atoms with E-state index in [0.717, 1.165) is 31.7 Å². The molecule has 0 amide bonds. The molecule has 0 aliphatic carbocycles. The SMILES string of the molecule is COc1ccc(C2(c3ccccc3)CCNCC2)cc1.Cl. The molecule has 112 valence electrons. The number of hydrogen-bond donors (Lipinski definition) is 1. The zero-order valence-corrected chi connectivity index (χ0v) is 13.2. The molecule has 3 heteroatoms. The predicted octanol–water partition coefficient (Wildman–Crippen LogP) is 3.79. The summed E-state index contributed by atoms with van der Waals surface area (Å²) in [5.74, 6) is 0.922. The summed E-state index contributed by atoms with van der Waals surface area (Å²) in [4.78, 5) is 0. The zero-order chi connectivity index (χ0) is 13.8. The van der Waals surface area contributed by atoms with E-state index >= 15 is 0 Å². The number of rotatable bonds is 3. The number of nitrogens with one attached hydrogen (secondary N) is 1. The second-order valence-electron chi connectivity index (χ2n) is 5.43. The van der Waals surface area contributed by atoms with Crippen molar-refractivity contribution in [2.45, 2.75) is 18.3 Å². The molecule has 21 heavy (non-hydrogen) atoms. The Kier molecular flexibility index (Phi) is 5.27. The summed E-state index contributed by atoms with van der Waals surface area (Å²) in [6, 6.07) is 19.5. The van der Waals surface area contributed by atoms with Gasteiger partial charge in [0.2, 0.25) is 0 Å². The quantitative estimate of drug-likeness (QED) is 0.931. The van der Waals surface area contributed by atoms with Crippen molar-refractivity contribution in [3.8, 4) is 5.75 Å². The van der Waals surface area contributed by atoms with Crippen molar-refractivity contribution >= 4 is 12.4 Å². The lowest BCUT2D eigenvalue weighted by Gasteiger charge is -2.39. The number of benzene rings is 2. The summed E-state index contributed by atoms with van der Waals surface area (Å²) >= 11 is 0. The van der Waals surface area contributed by atoms with Gasteiger partial charge in [-0.1, -0.05) is 42.5 Å². The largest absolute Gasteiger partial charge is 0.497 e. The molecule has 1 aliphatic heterocycles. The summed E-state index contributed by atoms with van der Waals surface area (Å²) in [6.07, 6.45) is 2.28. The first kappa shape index (κ1) is 15.9. The first-order valence-corrected chi connectivity index (χ1v) is 7.26. The molecule has 3 rings (SSSR count). The van der Waals surface area contributed by atoms with Crippen LogP contribution >= 0.6 is 12.4 Å². The molecule has 1 aliphatic rings. The van der Waals surface area contributed by atoms with E-state index in [9.17, 15) is 0 Å². The van der Waals surface area contributed by atoms with E-state index in [-0.39, 0.29) is 17.8 Å². The van der Waals surface area contributed by atoms with Crippen LogP contribution in [0.15, 0.2) is 54.6 Å². The van der Waals surface area contributed by atoms with Crippen LogP contribution in [0, 0.1) is 0 Å². The Morgan fingerprint density at radius 1 is 0.857 bits per heavy atom. The van der Waals surface area contributed by atoms with Crippen molar-refractivity contribution in [3.05, 3.63) is 65.7 Å². The maximum Gasteiger partial charge on any atom is 0.118 e. The summed E-state index contributed by atoms with van der Waals surface area (Å²) in [5.41, 5.74) is 2.95. The average Bonchev–Trinajstić information content (AvgIpc) is 2.56. The summed E-state index contributed by atoms with van der Waals surface area (Å²) in [7, 11) is 1.71. The molecule has 2 nitrogen and oxygen atoms in total. The number of hydrogen-bond acceptors (Lipinski definition) is 2. The average molecular weight is 304 g/mol. The van der Waals surface area contributed by atoms with Crippen molar-refractivity contribution in [1.82, 2.24) is 5.32 Å². The molecule has 0 aromatic heterocycles. The van der Waals surface area contributed by atoms with Gasteiger partial charge < -0.3 is 10.1 Å². The van der Waals surface area contributed by atoms with Gasteiger partial charge in [-0.2, -0.15) is 0 Å². The Labute approximate surface area is 132 Å². The predicted molar refractivity (Wildman–Crippen MR) is 89.6 cm³/mol. The maximum atomic E-state index is 5.28. The van der Waals surface area contributed by atoms with Gasteiger partial charge in [0.05, 0.1) is 7.11 Å². The summed E-state index contributed by atoms with van der Waals surface area (Å²) < 4.78 is 5.28. The fourth-order valence-electron chi connectivity index (χ4n) is 3.26. The first-order valence-electron chi connectivity index (χ1n) is 7.26. The van der Waals surface area contributed by atoms with Crippen molar-refractivity contribution in [2.75, 3.05) is 20.2 Å². The van der Waals surface area contributed by atoms with E-state index in [1.807, 2.05) is 0 Å². The molecule has 2 aromatic rings. The summed E-state index contributed by atoms with van der Waals surface area (Å²) in [5, 5.41) is 3.48. The number of methoxy groups -OCH3 is 1. The molecule has 0 atom stereocenters. The third-order valence-corrected chi connectivity index (χ3v) is 4.43. The first-order chi connectivity index (χ1) is 9.85. The standard InChI is InChI=1S/C18H21NO.ClH/c1-20-17-9-7-16(8-10-17)18(11-13-19-14-12-18)15-5-3-2-4-6-15;/h2-10,19H,11-14H2,1H3;1H. The second kappa shape index (κ2) is 6.97. The van der Waals surface area contributed by atoms with Gasteiger partial charge in [0, 0.05) is 5.41 Å². The molecular formula is C18H22ClNO. The zero-order valence-electron chi connectivity index (χ0n) is 12.3. The van der Waals surface area contributed by atoms with E-state index < -0.39 is 0 Å². The minimum atomic E-state index is 0.